The molecule has 0 amide bonds. The lowest BCUT2D eigenvalue weighted by Crippen LogP contribution is -2.26. The minimum Gasteiger partial charge on any atom is -0.265 e. The average Bonchev–Trinajstić information content (AvgIpc) is 3.08. The molecule has 0 unspecified atom stereocenters. The van der Waals surface area contributed by atoms with E-state index in [1.165, 1.54) is 21.5 Å². The van der Waals surface area contributed by atoms with E-state index < -0.39 is 0 Å². The Morgan fingerprint density at radius 1 is 1.08 bits per heavy atom. The monoisotopic (exact) mass is 412 g/mol. The molecule has 0 aliphatic carbocycles. The van der Waals surface area contributed by atoms with E-state index in [2.05, 4.69) is 26.1 Å². The van der Waals surface area contributed by atoms with Crippen LogP contribution < -0.4 is 5.56 Å². The Kier molecular flexibility index (Phi) is 4.16. The zero-order valence-electron chi connectivity index (χ0n) is 13.9. The summed E-state index contributed by atoms with van der Waals surface area (Å²) in [5.41, 5.74) is 2.50. The molecule has 5 nitrogen and oxygen atoms in total. The van der Waals surface area contributed by atoms with Gasteiger partial charge in [-0.2, -0.15) is 10.2 Å². The van der Waals surface area contributed by atoms with Gasteiger partial charge in [0.2, 0.25) is 0 Å². The molecule has 0 radical (unpaired) electrons. The first-order valence-electron chi connectivity index (χ1n) is 7.99. The minimum atomic E-state index is -0.337. The Labute approximate surface area is 156 Å². The van der Waals surface area contributed by atoms with Crippen LogP contribution in [-0.2, 0) is 6.54 Å². The molecule has 0 aliphatic heterocycles. The molecule has 7 heteroatoms. The van der Waals surface area contributed by atoms with E-state index >= 15 is 0 Å². The van der Waals surface area contributed by atoms with Crippen LogP contribution in [0, 0.1) is 12.7 Å². The molecule has 0 spiro atoms. The van der Waals surface area contributed by atoms with E-state index in [9.17, 15) is 9.18 Å². The maximum atomic E-state index is 13.2. The lowest BCUT2D eigenvalue weighted by Gasteiger charge is -2.09. The number of hydrogen-bond donors (Lipinski definition) is 0. The molecule has 0 atom stereocenters. The summed E-state index contributed by atoms with van der Waals surface area (Å²) < 4.78 is 17.2. The van der Waals surface area contributed by atoms with E-state index in [1.807, 2.05) is 31.2 Å². The predicted molar refractivity (Wildman–Crippen MR) is 101 cm³/mol. The van der Waals surface area contributed by atoms with Crippen molar-refractivity contribution in [3.63, 3.8) is 0 Å². The molecular weight excluding hydrogens is 399 g/mol. The lowest BCUT2D eigenvalue weighted by molar-refractivity contribution is 0.626. The minimum absolute atomic E-state index is 0.240. The summed E-state index contributed by atoms with van der Waals surface area (Å²) in [6.07, 6.45) is 1.62. The van der Waals surface area contributed by atoms with E-state index in [0.717, 1.165) is 10.0 Å². The fraction of sp³-hybridized carbons (Fsp3) is 0.105. The predicted octanol–water partition coefficient (Wildman–Crippen LogP) is 3.84. The third kappa shape index (κ3) is 2.94. The Morgan fingerprint density at radius 3 is 2.46 bits per heavy atom. The zero-order valence-corrected chi connectivity index (χ0v) is 15.4. The fourth-order valence-corrected chi connectivity index (χ4v) is 3.13. The van der Waals surface area contributed by atoms with Crippen LogP contribution in [0.3, 0.4) is 0 Å². The molecule has 0 bridgehead atoms. The van der Waals surface area contributed by atoms with E-state index in [-0.39, 0.29) is 11.4 Å². The van der Waals surface area contributed by atoms with Crippen molar-refractivity contribution in [2.75, 3.05) is 0 Å². The van der Waals surface area contributed by atoms with Gasteiger partial charge in [0.05, 0.1) is 24.1 Å². The van der Waals surface area contributed by atoms with Gasteiger partial charge in [-0.15, -0.1) is 0 Å². The van der Waals surface area contributed by atoms with E-state index in [0.29, 0.717) is 28.8 Å². The summed E-state index contributed by atoms with van der Waals surface area (Å²) in [5.74, 6) is -0.337. The largest absolute Gasteiger partial charge is 0.293 e. The Morgan fingerprint density at radius 2 is 1.77 bits per heavy atom. The zero-order chi connectivity index (χ0) is 18.3. The smallest absolute Gasteiger partial charge is 0.265 e. The number of hydrogen-bond acceptors (Lipinski definition) is 3. The van der Waals surface area contributed by atoms with Crippen molar-refractivity contribution >= 4 is 26.8 Å². The molecule has 0 saturated carbocycles. The summed E-state index contributed by atoms with van der Waals surface area (Å²) in [4.78, 5) is 13.0. The Bertz CT molecular complexity index is 1150. The van der Waals surface area contributed by atoms with Crippen LogP contribution in [0.15, 0.2) is 64.0 Å². The summed E-state index contributed by atoms with van der Waals surface area (Å²) in [5, 5.41) is 9.42. The van der Waals surface area contributed by atoms with Crippen molar-refractivity contribution in [3.8, 4) is 5.69 Å². The molecule has 130 valence electrons. The van der Waals surface area contributed by atoms with Crippen LogP contribution in [0.4, 0.5) is 4.39 Å². The second-order valence-electron chi connectivity index (χ2n) is 5.97. The van der Waals surface area contributed by atoms with Gasteiger partial charge in [-0.25, -0.2) is 13.8 Å². The van der Waals surface area contributed by atoms with Gasteiger partial charge in [0.25, 0.3) is 5.56 Å². The maximum absolute atomic E-state index is 13.2. The highest BCUT2D eigenvalue weighted by molar-refractivity contribution is 9.10. The Balaban J connectivity index is 1.87. The lowest BCUT2D eigenvalue weighted by atomic mass is 10.2. The molecule has 0 saturated heterocycles. The van der Waals surface area contributed by atoms with E-state index in [4.69, 9.17) is 0 Å². The summed E-state index contributed by atoms with van der Waals surface area (Å²) in [6.45, 7) is 2.20. The molecule has 4 aromatic rings. The number of halogens is 2. The quantitative estimate of drug-likeness (QED) is 0.513. The molecule has 0 fully saturated rings. The first-order valence-corrected chi connectivity index (χ1v) is 8.78. The standard InChI is InChI=1S/C19H14BrFN4O/c1-12-17-10-22-25(16-8-6-15(21)7-9-16)18(17)19(26)24(23-12)11-13-2-4-14(20)5-3-13/h2-10H,11H2,1H3. The molecule has 4 rings (SSSR count). The van der Waals surface area contributed by atoms with Gasteiger partial charge in [0.1, 0.15) is 11.3 Å². The molecule has 0 aliphatic rings. The number of aromatic nitrogens is 4. The first kappa shape index (κ1) is 16.7. The van der Waals surface area contributed by atoms with Crippen molar-refractivity contribution in [1.29, 1.82) is 0 Å². The van der Waals surface area contributed by atoms with E-state index in [1.54, 1.807) is 18.3 Å². The molecule has 2 heterocycles. The van der Waals surface area contributed by atoms with Crippen molar-refractivity contribution in [2.24, 2.45) is 0 Å². The number of nitrogens with zero attached hydrogens (tertiary/aromatic N) is 4. The van der Waals surface area contributed by atoms with Gasteiger partial charge in [-0.3, -0.25) is 4.79 Å². The van der Waals surface area contributed by atoms with Crippen LogP contribution >= 0.6 is 15.9 Å². The van der Waals surface area contributed by atoms with Crippen molar-refractivity contribution in [1.82, 2.24) is 19.6 Å². The van der Waals surface area contributed by atoms with Gasteiger partial charge in [0.15, 0.2) is 0 Å². The molecule has 2 aromatic heterocycles. The van der Waals surface area contributed by atoms with Crippen molar-refractivity contribution in [2.45, 2.75) is 13.5 Å². The number of fused-ring (bicyclic) bond motifs is 1. The highest BCUT2D eigenvalue weighted by atomic mass is 79.9. The van der Waals surface area contributed by atoms with Crippen LogP contribution in [0.25, 0.3) is 16.6 Å². The molecule has 26 heavy (non-hydrogen) atoms. The SMILES string of the molecule is Cc1nn(Cc2ccc(Br)cc2)c(=O)c2c1cnn2-c1ccc(F)cc1. The topological polar surface area (TPSA) is 52.7 Å². The van der Waals surface area contributed by atoms with Gasteiger partial charge in [-0.1, -0.05) is 28.1 Å². The maximum Gasteiger partial charge on any atom is 0.293 e. The second kappa shape index (κ2) is 6.49. The number of benzene rings is 2. The number of rotatable bonds is 3. The average molecular weight is 413 g/mol. The number of aryl methyl sites for hydroxylation is 1. The van der Waals surface area contributed by atoms with Crippen molar-refractivity contribution < 1.29 is 4.39 Å². The van der Waals surface area contributed by atoms with Crippen LogP contribution in [0.5, 0.6) is 0 Å². The highest BCUT2D eigenvalue weighted by Gasteiger charge is 2.15. The van der Waals surface area contributed by atoms with Gasteiger partial charge in [-0.05, 0) is 48.9 Å². The van der Waals surface area contributed by atoms with Crippen LogP contribution in [0.1, 0.15) is 11.3 Å². The Hall–Kier alpha value is -2.80. The third-order valence-corrected chi connectivity index (χ3v) is 4.71. The first-order chi connectivity index (χ1) is 12.5. The fourth-order valence-electron chi connectivity index (χ4n) is 2.87. The summed E-state index contributed by atoms with van der Waals surface area (Å²) in [7, 11) is 0. The molecule has 0 N–H and O–H groups in total. The highest BCUT2D eigenvalue weighted by Crippen LogP contribution is 2.18. The normalized spacial score (nSPS) is 11.2. The molecule has 2 aromatic carbocycles. The third-order valence-electron chi connectivity index (χ3n) is 4.18. The summed E-state index contributed by atoms with van der Waals surface area (Å²) in [6, 6.07) is 13.6. The van der Waals surface area contributed by atoms with Crippen LogP contribution in [-0.4, -0.2) is 19.6 Å². The summed E-state index contributed by atoms with van der Waals surface area (Å²) >= 11 is 3.40. The van der Waals surface area contributed by atoms with Gasteiger partial charge < -0.3 is 0 Å². The van der Waals surface area contributed by atoms with Gasteiger partial charge >= 0.3 is 0 Å². The van der Waals surface area contributed by atoms with Gasteiger partial charge in [0, 0.05) is 9.86 Å². The van der Waals surface area contributed by atoms with Crippen LogP contribution in [0.2, 0.25) is 0 Å². The van der Waals surface area contributed by atoms with Crippen molar-refractivity contribution in [3.05, 3.63) is 86.6 Å². The molecular formula is C19H14BrFN4O. The second-order valence-corrected chi connectivity index (χ2v) is 6.89.